The highest BCUT2D eigenvalue weighted by Gasteiger charge is 2.40. The zero-order chi connectivity index (χ0) is 20.1. The first kappa shape index (κ1) is 18.7. The lowest BCUT2D eigenvalue weighted by Crippen LogP contribution is -2.32. The molecule has 0 saturated carbocycles. The minimum atomic E-state index is -0.623. The van der Waals surface area contributed by atoms with Crippen LogP contribution < -0.4 is 4.74 Å². The van der Waals surface area contributed by atoms with Gasteiger partial charge in [0.1, 0.15) is 5.75 Å². The summed E-state index contributed by atoms with van der Waals surface area (Å²) < 4.78 is 5.52. The van der Waals surface area contributed by atoms with Crippen molar-refractivity contribution in [1.82, 2.24) is 0 Å². The van der Waals surface area contributed by atoms with E-state index < -0.39 is 17.2 Å². The summed E-state index contributed by atoms with van der Waals surface area (Å²) in [5.41, 5.74) is 2.54. The lowest BCUT2D eigenvalue weighted by Gasteiger charge is -2.36. The molecule has 0 unspecified atom stereocenters. The second-order valence-corrected chi connectivity index (χ2v) is 7.85. The molecule has 2 aliphatic rings. The molecule has 1 heterocycles. The average molecular weight is 412 g/mol. The number of rotatable bonds is 2. The van der Waals surface area contributed by atoms with E-state index in [1.165, 1.54) is 0 Å². The zero-order valence-electron chi connectivity index (χ0n) is 15.1. The van der Waals surface area contributed by atoms with Crippen molar-refractivity contribution >= 4 is 46.4 Å². The number of hydrogen-bond acceptors (Lipinski definition) is 4. The quantitative estimate of drug-likeness (QED) is 0.374. The number of carbonyl (C=O) groups is 2. The first-order chi connectivity index (χ1) is 13.3. The normalized spacial score (nSPS) is 17.4. The second kappa shape index (κ2) is 6.73. The summed E-state index contributed by atoms with van der Waals surface area (Å²) >= 11 is 12.3. The van der Waals surface area contributed by atoms with Crippen LogP contribution in [-0.4, -0.2) is 17.5 Å². The monoisotopic (exact) mass is 411 g/mol. The smallest absolute Gasteiger partial charge is 0.343 e. The van der Waals surface area contributed by atoms with Crippen molar-refractivity contribution in [3.05, 3.63) is 81.4 Å². The third kappa shape index (κ3) is 2.99. The maximum atomic E-state index is 12.4. The molecule has 6 heteroatoms. The minimum absolute atomic E-state index is 0.0418. The lowest BCUT2D eigenvalue weighted by molar-refractivity contribution is -0.111. The number of aliphatic imine (C=N–C) groups is 1. The number of Topliss-reactive ketones (excluding diaryl/α,β-unsaturated/α-hetero) is 1. The van der Waals surface area contributed by atoms with Crippen molar-refractivity contribution in [1.29, 1.82) is 0 Å². The van der Waals surface area contributed by atoms with Crippen molar-refractivity contribution < 1.29 is 14.3 Å². The Morgan fingerprint density at radius 2 is 1.79 bits per heavy atom. The van der Waals surface area contributed by atoms with Gasteiger partial charge in [-0.2, -0.15) is 0 Å². The van der Waals surface area contributed by atoms with E-state index in [0.717, 1.165) is 5.56 Å². The molecule has 0 N–H and O–H groups in total. The molecule has 1 aliphatic carbocycles. The molecule has 4 nitrogen and oxygen atoms in total. The van der Waals surface area contributed by atoms with Gasteiger partial charge in [-0.15, -0.1) is 0 Å². The van der Waals surface area contributed by atoms with Gasteiger partial charge in [0, 0.05) is 11.0 Å². The topological polar surface area (TPSA) is 55.7 Å². The Kier molecular flexibility index (Phi) is 4.48. The number of carbonyl (C=O) groups excluding carboxylic acids is 2. The average Bonchev–Trinajstić information content (AvgIpc) is 2.67. The largest absolute Gasteiger partial charge is 0.423 e. The van der Waals surface area contributed by atoms with E-state index in [1.807, 2.05) is 19.9 Å². The number of ether oxygens (including phenoxy) is 1. The van der Waals surface area contributed by atoms with Crippen molar-refractivity contribution in [2.75, 3.05) is 0 Å². The first-order valence-corrected chi connectivity index (χ1v) is 9.37. The van der Waals surface area contributed by atoms with Crippen molar-refractivity contribution in [2.24, 2.45) is 4.99 Å². The van der Waals surface area contributed by atoms with Gasteiger partial charge in [-0.3, -0.25) is 4.79 Å². The molecular formula is C22H15Cl2NO3. The van der Waals surface area contributed by atoms with Crippen LogP contribution in [-0.2, 0) is 10.2 Å². The molecule has 140 valence electrons. The Morgan fingerprint density at radius 1 is 1.07 bits per heavy atom. The molecule has 0 radical (unpaired) electrons. The zero-order valence-corrected chi connectivity index (χ0v) is 16.6. The predicted molar refractivity (Wildman–Crippen MR) is 110 cm³/mol. The number of halogens is 2. The molecule has 0 bridgehead atoms. The van der Waals surface area contributed by atoms with E-state index in [2.05, 4.69) is 4.99 Å². The van der Waals surface area contributed by atoms with Gasteiger partial charge in [0.25, 0.3) is 0 Å². The second-order valence-electron chi connectivity index (χ2n) is 7.07. The van der Waals surface area contributed by atoms with Gasteiger partial charge in [0.15, 0.2) is 0 Å². The molecule has 0 fully saturated rings. The number of esters is 1. The fourth-order valence-electron chi connectivity index (χ4n) is 3.45. The van der Waals surface area contributed by atoms with Crippen LogP contribution in [0.2, 0.25) is 0 Å². The highest BCUT2D eigenvalue weighted by Crippen LogP contribution is 2.47. The summed E-state index contributed by atoms with van der Waals surface area (Å²) in [6.07, 6.45) is 1.54. The maximum absolute atomic E-state index is 12.4. The number of allylic oxidation sites excluding steroid dienone is 4. The van der Waals surface area contributed by atoms with E-state index in [9.17, 15) is 9.59 Å². The van der Waals surface area contributed by atoms with Crippen molar-refractivity contribution in [3.8, 4) is 5.75 Å². The van der Waals surface area contributed by atoms with Gasteiger partial charge in [-0.25, -0.2) is 9.79 Å². The van der Waals surface area contributed by atoms with E-state index in [0.29, 0.717) is 28.3 Å². The number of hydrogen-bond donors (Lipinski definition) is 0. The van der Waals surface area contributed by atoms with Gasteiger partial charge < -0.3 is 4.74 Å². The number of fused-ring (bicyclic) bond motifs is 2. The molecule has 0 amide bonds. The summed E-state index contributed by atoms with van der Waals surface area (Å²) in [7, 11) is 0. The number of ketones is 1. The van der Waals surface area contributed by atoms with Gasteiger partial charge in [0.2, 0.25) is 5.78 Å². The highest BCUT2D eigenvalue weighted by atomic mass is 35.5. The number of nitrogens with zero attached hydrogens (tertiary/aromatic N) is 1. The standard InChI is InChI=1S/C22H15Cl2NO3/c1-22(2)14-10-13(28-21(27)12-6-4-3-5-7-12)8-9-16(14)25-17-11-15(23)20(26)19(24)18(17)22/h3-11H,1-2H3. The van der Waals surface area contributed by atoms with Gasteiger partial charge in [-0.05, 0) is 42.0 Å². The number of benzene rings is 2. The van der Waals surface area contributed by atoms with Crippen LogP contribution >= 0.6 is 23.2 Å². The lowest BCUT2D eigenvalue weighted by atomic mass is 9.71. The Hall–Kier alpha value is -2.69. The van der Waals surface area contributed by atoms with Gasteiger partial charge in [-0.1, -0.05) is 55.2 Å². The van der Waals surface area contributed by atoms with E-state index in [4.69, 9.17) is 27.9 Å². The molecule has 28 heavy (non-hydrogen) atoms. The van der Waals surface area contributed by atoms with Crippen LogP contribution in [0.1, 0.15) is 29.8 Å². The molecule has 4 rings (SSSR count). The molecule has 0 aromatic heterocycles. The van der Waals surface area contributed by atoms with Crippen LogP contribution in [0.5, 0.6) is 5.75 Å². The summed E-state index contributed by atoms with van der Waals surface area (Å²) in [5, 5.41) is 0.105. The Balaban J connectivity index is 1.77. The van der Waals surface area contributed by atoms with Crippen molar-refractivity contribution in [2.45, 2.75) is 19.3 Å². The van der Waals surface area contributed by atoms with E-state index >= 15 is 0 Å². The first-order valence-electron chi connectivity index (χ1n) is 8.62. The van der Waals surface area contributed by atoms with Crippen LogP contribution in [0.3, 0.4) is 0 Å². The Labute approximate surface area is 172 Å². The maximum Gasteiger partial charge on any atom is 0.343 e. The fourth-order valence-corrected chi connectivity index (χ4v) is 4.13. The Morgan fingerprint density at radius 3 is 2.50 bits per heavy atom. The molecule has 2 aromatic carbocycles. The van der Waals surface area contributed by atoms with Crippen molar-refractivity contribution in [3.63, 3.8) is 0 Å². The fraction of sp³-hybridized carbons (Fsp3) is 0.136. The van der Waals surface area contributed by atoms with Crippen LogP contribution in [0, 0.1) is 0 Å². The summed E-state index contributed by atoms with van der Waals surface area (Å²) in [6, 6.07) is 14.0. The van der Waals surface area contributed by atoms with E-state index in [-0.39, 0.29) is 10.1 Å². The van der Waals surface area contributed by atoms with E-state index in [1.54, 1.807) is 48.5 Å². The van der Waals surface area contributed by atoms with Crippen LogP contribution in [0.4, 0.5) is 5.69 Å². The molecule has 0 spiro atoms. The predicted octanol–water partition coefficient (Wildman–Crippen LogP) is 5.47. The molecule has 0 saturated heterocycles. The molecular weight excluding hydrogens is 397 g/mol. The Bertz CT molecular complexity index is 1110. The summed E-state index contributed by atoms with van der Waals surface area (Å²) in [5.74, 6) is -0.467. The molecule has 0 atom stereocenters. The van der Waals surface area contributed by atoms with Gasteiger partial charge in [0.05, 0.1) is 27.0 Å². The van der Waals surface area contributed by atoms with Crippen LogP contribution in [0.15, 0.2) is 75.2 Å². The summed E-state index contributed by atoms with van der Waals surface area (Å²) in [4.78, 5) is 29.2. The highest BCUT2D eigenvalue weighted by molar-refractivity contribution is 6.58. The molecule has 2 aromatic rings. The third-order valence-electron chi connectivity index (χ3n) is 4.88. The van der Waals surface area contributed by atoms with Crippen LogP contribution in [0.25, 0.3) is 0 Å². The summed E-state index contributed by atoms with van der Waals surface area (Å²) in [6.45, 7) is 3.89. The molecule has 1 aliphatic heterocycles. The third-order valence-corrected chi connectivity index (χ3v) is 5.52. The minimum Gasteiger partial charge on any atom is -0.423 e. The SMILES string of the molecule is CC1(C)C2=C(Cl)C(=O)C(Cl)=CC2=Nc2ccc(OC(=O)c3ccccc3)cc21. The van der Waals surface area contributed by atoms with Gasteiger partial charge >= 0.3 is 5.97 Å².